The maximum Gasteiger partial charge on any atom is 0.0373 e. The summed E-state index contributed by atoms with van der Waals surface area (Å²) in [5.41, 5.74) is 2.73. The molecule has 0 aliphatic carbocycles. The number of anilines is 1. The second-order valence-electron chi connectivity index (χ2n) is 3.50. The van der Waals surface area contributed by atoms with Gasteiger partial charge >= 0.3 is 0 Å². The molecular formula is C11H16N2. The predicted octanol–water partition coefficient (Wildman–Crippen LogP) is 1.63. The van der Waals surface area contributed by atoms with E-state index in [0.29, 0.717) is 6.04 Å². The summed E-state index contributed by atoms with van der Waals surface area (Å²) in [6.45, 7) is 4.25. The number of rotatable bonds is 2. The predicted molar refractivity (Wildman–Crippen MR) is 56.1 cm³/mol. The third kappa shape index (κ3) is 1.83. The topological polar surface area (TPSA) is 24.1 Å². The maximum atomic E-state index is 3.46. The Morgan fingerprint density at radius 3 is 3.15 bits per heavy atom. The molecule has 1 aliphatic heterocycles. The minimum absolute atomic E-state index is 0.597. The number of para-hydroxylation sites is 1. The van der Waals surface area contributed by atoms with Crippen molar-refractivity contribution in [3.63, 3.8) is 0 Å². The molecule has 0 spiro atoms. The minimum Gasteiger partial charge on any atom is -0.383 e. The van der Waals surface area contributed by atoms with Crippen molar-refractivity contribution in [3.8, 4) is 0 Å². The van der Waals surface area contributed by atoms with E-state index >= 15 is 0 Å². The summed E-state index contributed by atoms with van der Waals surface area (Å²) in [6.07, 6.45) is 1.15. The first-order chi connectivity index (χ1) is 6.40. The zero-order chi connectivity index (χ0) is 9.10. The maximum absolute atomic E-state index is 3.46. The molecule has 2 N–H and O–H groups in total. The molecule has 1 aromatic rings. The van der Waals surface area contributed by atoms with Gasteiger partial charge in [0.05, 0.1) is 0 Å². The smallest absolute Gasteiger partial charge is 0.0373 e. The third-order valence-corrected chi connectivity index (χ3v) is 2.52. The van der Waals surface area contributed by atoms with Crippen LogP contribution in [0.2, 0.25) is 0 Å². The van der Waals surface area contributed by atoms with Crippen LogP contribution in [-0.2, 0) is 6.42 Å². The molecule has 0 saturated carbocycles. The summed E-state index contributed by atoms with van der Waals surface area (Å²) in [6, 6.07) is 9.14. The fourth-order valence-corrected chi connectivity index (χ4v) is 1.87. The monoisotopic (exact) mass is 176 g/mol. The Hall–Kier alpha value is -1.02. The second-order valence-corrected chi connectivity index (χ2v) is 3.50. The second kappa shape index (κ2) is 3.79. The van der Waals surface area contributed by atoms with Crippen LogP contribution in [-0.4, -0.2) is 19.1 Å². The van der Waals surface area contributed by atoms with E-state index < -0.39 is 0 Å². The Labute approximate surface area is 79.4 Å². The molecule has 0 bridgehead atoms. The number of fused-ring (bicyclic) bond motifs is 1. The number of benzene rings is 1. The highest BCUT2D eigenvalue weighted by atomic mass is 15.0. The molecule has 0 saturated heterocycles. The Kier molecular flexibility index (Phi) is 2.50. The van der Waals surface area contributed by atoms with Gasteiger partial charge in [-0.05, 0) is 24.6 Å². The largest absolute Gasteiger partial charge is 0.383 e. The van der Waals surface area contributed by atoms with Crippen molar-refractivity contribution in [2.24, 2.45) is 0 Å². The van der Waals surface area contributed by atoms with Gasteiger partial charge in [-0.3, -0.25) is 0 Å². The molecule has 1 heterocycles. The van der Waals surface area contributed by atoms with E-state index in [2.05, 4.69) is 41.8 Å². The van der Waals surface area contributed by atoms with E-state index in [1.807, 2.05) is 0 Å². The lowest BCUT2D eigenvalue weighted by Crippen LogP contribution is -2.40. The molecule has 70 valence electrons. The van der Waals surface area contributed by atoms with Crippen molar-refractivity contribution in [1.29, 1.82) is 0 Å². The SMILES string of the molecule is CCNC1CNc2ccccc2C1. The summed E-state index contributed by atoms with van der Waals surface area (Å²) in [7, 11) is 0. The zero-order valence-corrected chi connectivity index (χ0v) is 8.01. The average molecular weight is 176 g/mol. The molecule has 0 amide bonds. The molecule has 1 unspecified atom stereocenters. The van der Waals surface area contributed by atoms with Crippen LogP contribution in [0.25, 0.3) is 0 Å². The van der Waals surface area contributed by atoms with Gasteiger partial charge in [0, 0.05) is 18.3 Å². The van der Waals surface area contributed by atoms with Gasteiger partial charge < -0.3 is 10.6 Å². The van der Waals surface area contributed by atoms with Crippen molar-refractivity contribution < 1.29 is 0 Å². The quantitative estimate of drug-likeness (QED) is 0.715. The van der Waals surface area contributed by atoms with Gasteiger partial charge in [0.1, 0.15) is 0 Å². The molecule has 0 fully saturated rings. The summed E-state index contributed by atoms with van der Waals surface area (Å²) < 4.78 is 0. The first-order valence-electron chi connectivity index (χ1n) is 4.95. The normalized spacial score (nSPS) is 20.5. The van der Waals surface area contributed by atoms with Crippen molar-refractivity contribution >= 4 is 5.69 Å². The highest BCUT2D eigenvalue weighted by Crippen LogP contribution is 2.20. The lowest BCUT2D eigenvalue weighted by Gasteiger charge is -2.26. The Morgan fingerprint density at radius 2 is 2.31 bits per heavy atom. The first-order valence-corrected chi connectivity index (χ1v) is 4.95. The first kappa shape index (κ1) is 8.57. The molecule has 1 aliphatic rings. The average Bonchev–Trinajstić information content (AvgIpc) is 2.18. The Morgan fingerprint density at radius 1 is 1.46 bits per heavy atom. The highest BCUT2D eigenvalue weighted by Gasteiger charge is 2.15. The standard InChI is InChI=1S/C11H16N2/c1-2-12-10-7-9-5-3-4-6-11(9)13-8-10/h3-6,10,12-13H,2,7-8H2,1H3. The van der Waals surface area contributed by atoms with E-state index in [1.165, 1.54) is 11.3 Å². The van der Waals surface area contributed by atoms with Crippen LogP contribution >= 0.6 is 0 Å². The summed E-state index contributed by atoms with van der Waals surface area (Å²) >= 11 is 0. The fraction of sp³-hybridized carbons (Fsp3) is 0.455. The summed E-state index contributed by atoms with van der Waals surface area (Å²) in [5, 5.41) is 6.90. The lowest BCUT2D eigenvalue weighted by atomic mass is 10.00. The van der Waals surface area contributed by atoms with Gasteiger partial charge in [0.25, 0.3) is 0 Å². The molecule has 0 radical (unpaired) electrons. The van der Waals surface area contributed by atoms with E-state index in [-0.39, 0.29) is 0 Å². The van der Waals surface area contributed by atoms with Crippen LogP contribution < -0.4 is 10.6 Å². The van der Waals surface area contributed by atoms with Gasteiger partial charge in [-0.25, -0.2) is 0 Å². The van der Waals surface area contributed by atoms with Crippen LogP contribution in [0.5, 0.6) is 0 Å². The molecule has 1 atom stereocenters. The van der Waals surface area contributed by atoms with Crippen molar-refractivity contribution in [2.45, 2.75) is 19.4 Å². The van der Waals surface area contributed by atoms with Crippen LogP contribution in [0.3, 0.4) is 0 Å². The minimum atomic E-state index is 0.597. The third-order valence-electron chi connectivity index (χ3n) is 2.52. The van der Waals surface area contributed by atoms with Crippen molar-refractivity contribution in [2.75, 3.05) is 18.4 Å². The summed E-state index contributed by atoms with van der Waals surface area (Å²) in [4.78, 5) is 0. The Bertz CT molecular complexity index is 283. The van der Waals surface area contributed by atoms with Crippen LogP contribution in [0.1, 0.15) is 12.5 Å². The molecule has 13 heavy (non-hydrogen) atoms. The lowest BCUT2D eigenvalue weighted by molar-refractivity contribution is 0.534. The molecule has 1 aromatic carbocycles. The number of hydrogen-bond acceptors (Lipinski definition) is 2. The van der Waals surface area contributed by atoms with Crippen LogP contribution in [0.4, 0.5) is 5.69 Å². The van der Waals surface area contributed by atoms with Gasteiger partial charge in [0.2, 0.25) is 0 Å². The Balaban J connectivity index is 2.11. The van der Waals surface area contributed by atoms with Gasteiger partial charge in [-0.1, -0.05) is 25.1 Å². The fourth-order valence-electron chi connectivity index (χ4n) is 1.87. The van der Waals surface area contributed by atoms with Crippen molar-refractivity contribution in [1.82, 2.24) is 5.32 Å². The molecule has 2 heteroatoms. The molecule has 2 rings (SSSR count). The van der Waals surface area contributed by atoms with Gasteiger partial charge in [-0.15, -0.1) is 0 Å². The van der Waals surface area contributed by atoms with E-state index in [0.717, 1.165) is 19.5 Å². The highest BCUT2D eigenvalue weighted by molar-refractivity contribution is 5.53. The van der Waals surface area contributed by atoms with Gasteiger partial charge in [0.15, 0.2) is 0 Å². The number of hydrogen-bond donors (Lipinski definition) is 2. The van der Waals surface area contributed by atoms with Gasteiger partial charge in [-0.2, -0.15) is 0 Å². The van der Waals surface area contributed by atoms with Crippen molar-refractivity contribution in [3.05, 3.63) is 29.8 Å². The van der Waals surface area contributed by atoms with Crippen LogP contribution in [0.15, 0.2) is 24.3 Å². The summed E-state index contributed by atoms with van der Waals surface area (Å²) in [5.74, 6) is 0. The van der Waals surface area contributed by atoms with E-state index in [1.54, 1.807) is 0 Å². The molecular weight excluding hydrogens is 160 g/mol. The van der Waals surface area contributed by atoms with Crippen LogP contribution in [0, 0.1) is 0 Å². The number of nitrogens with one attached hydrogen (secondary N) is 2. The zero-order valence-electron chi connectivity index (χ0n) is 8.01. The number of likely N-dealkylation sites (N-methyl/N-ethyl adjacent to an activating group) is 1. The molecule has 2 nitrogen and oxygen atoms in total. The molecule has 0 aromatic heterocycles. The van der Waals surface area contributed by atoms with E-state index in [4.69, 9.17) is 0 Å². The van der Waals surface area contributed by atoms with E-state index in [9.17, 15) is 0 Å².